The second-order valence-corrected chi connectivity index (χ2v) is 11.7. The summed E-state index contributed by atoms with van der Waals surface area (Å²) >= 11 is 5.62. The largest absolute Gasteiger partial charge is 0.356 e. The molecule has 0 saturated carbocycles. The fourth-order valence-electron chi connectivity index (χ4n) is 4.98. The number of aryl methyl sites for hydroxylation is 2. The molecule has 2 aromatic carbocycles. The number of piperidine rings is 1. The Morgan fingerprint density at radius 2 is 1.78 bits per heavy atom. The minimum absolute atomic E-state index is 0.0114. The number of nitrogens with one attached hydrogen (secondary N) is 2. The SMILES string of the molecule is CC(=O)CCC(CCCNC(=O)C1CCNCC1)N(C)C(C)=O.CCc1cccc(F)c1Cl.Cc1cc2cc(F)ccc2cn1. The highest BCUT2D eigenvalue weighted by molar-refractivity contribution is 6.31. The molecule has 2 heterocycles. The Hall–Kier alpha value is -3.43. The number of carbonyl (C=O) groups excluding carboxylic acids is 3. The number of amides is 2. The van der Waals surface area contributed by atoms with Gasteiger partial charge in [-0.25, -0.2) is 8.78 Å². The summed E-state index contributed by atoms with van der Waals surface area (Å²) in [5.41, 5.74) is 1.77. The number of carbonyl (C=O) groups is 3. The summed E-state index contributed by atoms with van der Waals surface area (Å²) in [5, 5.41) is 8.39. The summed E-state index contributed by atoms with van der Waals surface area (Å²) in [5.74, 6) is -0.103. The summed E-state index contributed by atoms with van der Waals surface area (Å²) in [7, 11) is 1.78. The molecule has 2 N–H and O–H groups in total. The average Bonchev–Trinajstić information content (AvgIpc) is 3.02. The molecule has 246 valence electrons. The second kappa shape index (κ2) is 19.9. The number of hydrogen-bond donors (Lipinski definition) is 2. The van der Waals surface area contributed by atoms with Crippen molar-refractivity contribution < 1.29 is 23.2 Å². The van der Waals surface area contributed by atoms with E-state index in [0.717, 1.165) is 67.2 Å². The Kier molecular flexibility index (Phi) is 16.7. The van der Waals surface area contributed by atoms with Crippen LogP contribution >= 0.6 is 11.6 Å². The number of hydrogen-bond acceptors (Lipinski definition) is 5. The van der Waals surface area contributed by atoms with Crippen LogP contribution in [0.5, 0.6) is 0 Å². The number of benzene rings is 2. The van der Waals surface area contributed by atoms with Crippen molar-refractivity contribution in [3.63, 3.8) is 0 Å². The molecule has 1 aromatic heterocycles. The van der Waals surface area contributed by atoms with Gasteiger partial charge in [0.1, 0.15) is 17.4 Å². The normalized spacial score (nSPS) is 13.5. The van der Waals surface area contributed by atoms with Gasteiger partial charge in [-0.2, -0.15) is 0 Å². The number of fused-ring (bicyclic) bond motifs is 1. The van der Waals surface area contributed by atoms with Gasteiger partial charge in [-0.1, -0.05) is 30.7 Å². The Labute approximate surface area is 271 Å². The zero-order valence-electron chi connectivity index (χ0n) is 27.1. The van der Waals surface area contributed by atoms with Gasteiger partial charge in [0.25, 0.3) is 0 Å². The highest BCUT2D eigenvalue weighted by atomic mass is 35.5. The summed E-state index contributed by atoms with van der Waals surface area (Å²) in [4.78, 5) is 40.6. The predicted molar refractivity (Wildman–Crippen MR) is 177 cm³/mol. The second-order valence-electron chi connectivity index (χ2n) is 11.4. The molecule has 3 aromatic rings. The molecule has 0 aliphatic carbocycles. The third kappa shape index (κ3) is 13.6. The lowest BCUT2D eigenvalue weighted by molar-refractivity contribution is -0.130. The van der Waals surface area contributed by atoms with E-state index in [2.05, 4.69) is 15.6 Å². The monoisotopic (exact) mass is 644 g/mol. The molecule has 1 fully saturated rings. The van der Waals surface area contributed by atoms with Crippen LogP contribution in [0.15, 0.2) is 48.7 Å². The summed E-state index contributed by atoms with van der Waals surface area (Å²) in [6.45, 7) is 9.41. The minimum Gasteiger partial charge on any atom is -0.356 e. The van der Waals surface area contributed by atoms with E-state index < -0.39 is 0 Å². The van der Waals surface area contributed by atoms with Crippen LogP contribution in [0.2, 0.25) is 5.02 Å². The molecule has 4 rings (SSSR count). The first kappa shape index (κ1) is 37.8. The molecular weight excluding hydrogens is 598 g/mol. The molecule has 1 unspecified atom stereocenters. The fraction of sp³-hybridized carbons (Fsp3) is 0.486. The van der Waals surface area contributed by atoms with Crippen molar-refractivity contribution in [1.29, 1.82) is 0 Å². The van der Waals surface area contributed by atoms with Crippen LogP contribution < -0.4 is 10.6 Å². The van der Waals surface area contributed by atoms with Gasteiger partial charge in [0, 0.05) is 56.2 Å². The van der Waals surface area contributed by atoms with Crippen LogP contribution in [0, 0.1) is 24.5 Å². The molecule has 1 aliphatic heterocycles. The quantitative estimate of drug-likeness (QED) is 0.236. The number of pyridine rings is 1. The zero-order valence-corrected chi connectivity index (χ0v) is 27.9. The standard InChI is InChI=1S/C17H31N3O3.C10H8FN.C8H8ClF/c1-13(21)6-7-16(20(3)14(2)22)5-4-10-19-17(23)15-8-11-18-12-9-15;1-7-4-9-5-10(11)3-2-8(9)6-12-7;1-2-6-4-3-5-7(10)8(6)9/h15-16,18H,4-12H2,1-3H3,(H,19,23);2-6H,1H3;3-5H,2H2,1H3. The van der Waals surface area contributed by atoms with Crippen molar-refractivity contribution in [3.8, 4) is 0 Å². The average molecular weight is 645 g/mol. The van der Waals surface area contributed by atoms with Crippen LogP contribution in [-0.4, -0.2) is 60.2 Å². The van der Waals surface area contributed by atoms with Gasteiger partial charge in [-0.05, 0) is 107 Å². The van der Waals surface area contributed by atoms with Gasteiger partial charge in [-0.15, -0.1) is 0 Å². The molecule has 0 spiro atoms. The third-order valence-corrected chi connectivity index (χ3v) is 8.25. The number of nitrogens with zero attached hydrogens (tertiary/aromatic N) is 2. The Bertz CT molecular complexity index is 1360. The molecule has 0 radical (unpaired) electrons. The van der Waals surface area contributed by atoms with Crippen molar-refractivity contribution >= 4 is 40.0 Å². The van der Waals surface area contributed by atoms with E-state index >= 15 is 0 Å². The lowest BCUT2D eigenvalue weighted by atomic mass is 9.97. The van der Waals surface area contributed by atoms with E-state index in [0.29, 0.717) is 19.4 Å². The van der Waals surface area contributed by atoms with Crippen LogP contribution in [-0.2, 0) is 20.8 Å². The molecule has 1 saturated heterocycles. The summed E-state index contributed by atoms with van der Waals surface area (Å²) < 4.78 is 25.4. The van der Waals surface area contributed by atoms with Crippen LogP contribution in [0.1, 0.15) is 70.6 Å². The first-order valence-electron chi connectivity index (χ1n) is 15.6. The number of ketones is 1. The van der Waals surface area contributed by atoms with Crippen molar-refractivity contribution in [3.05, 3.63) is 76.6 Å². The van der Waals surface area contributed by atoms with Crippen molar-refractivity contribution in [1.82, 2.24) is 20.5 Å². The maximum Gasteiger partial charge on any atom is 0.223 e. The van der Waals surface area contributed by atoms with Crippen LogP contribution in [0.4, 0.5) is 8.78 Å². The molecule has 10 heteroatoms. The van der Waals surface area contributed by atoms with Gasteiger partial charge in [0.2, 0.25) is 11.8 Å². The minimum atomic E-state index is -0.332. The first-order valence-corrected chi connectivity index (χ1v) is 16.0. The van der Waals surface area contributed by atoms with Crippen molar-refractivity contribution in [2.75, 3.05) is 26.7 Å². The van der Waals surface area contributed by atoms with Gasteiger partial charge < -0.3 is 20.3 Å². The van der Waals surface area contributed by atoms with E-state index in [1.807, 2.05) is 26.0 Å². The number of rotatable bonds is 10. The van der Waals surface area contributed by atoms with Crippen molar-refractivity contribution in [2.24, 2.45) is 5.92 Å². The smallest absolute Gasteiger partial charge is 0.223 e. The molecule has 2 amide bonds. The number of halogens is 3. The first-order chi connectivity index (χ1) is 21.4. The highest BCUT2D eigenvalue weighted by Gasteiger charge is 2.21. The maximum atomic E-state index is 12.7. The Morgan fingerprint density at radius 3 is 2.40 bits per heavy atom. The third-order valence-electron chi connectivity index (χ3n) is 7.83. The Balaban J connectivity index is 0.000000265. The van der Waals surface area contributed by atoms with E-state index in [1.165, 1.54) is 18.2 Å². The zero-order chi connectivity index (χ0) is 33.4. The number of Topliss-reactive ketones (excluding diaryl/α,β-unsaturated/α-hetero) is 1. The van der Waals surface area contributed by atoms with E-state index in [4.69, 9.17) is 11.6 Å². The highest BCUT2D eigenvalue weighted by Crippen LogP contribution is 2.19. The number of aromatic nitrogens is 1. The topological polar surface area (TPSA) is 91.4 Å². The lowest BCUT2D eigenvalue weighted by Crippen LogP contribution is -2.39. The molecule has 7 nitrogen and oxygen atoms in total. The Morgan fingerprint density at radius 1 is 1.07 bits per heavy atom. The molecule has 1 atom stereocenters. The molecule has 0 bridgehead atoms. The molecule has 1 aliphatic rings. The molecule has 45 heavy (non-hydrogen) atoms. The predicted octanol–water partition coefficient (Wildman–Crippen LogP) is 6.82. The van der Waals surface area contributed by atoms with Crippen LogP contribution in [0.3, 0.4) is 0 Å². The van der Waals surface area contributed by atoms with Gasteiger partial charge in [-0.3, -0.25) is 14.6 Å². The molecular formula is C35H47ClF2N4O3. The van der Waals surface area contributed by atoms with E-state index in [1.54, 1.807) is 44.1 Å². The van der Waals surface area contributed by atoms with Crippen LogP contribution in [0.25, 0.3) is 10.8 Å². The summed E-state index contributed by atoms with van der Waals surface area (Å²) in [6, 6.07) is 11.5. The maximum absolute atomic E-state index is 12.7. The van der Waals surface area contributed by atoms with E-state index in [-0.39, 0.29) is 46.2 Å². The summed E-state index contributed by atoms with van der Waals surface area (Å²) in [6.07, 6.45) is 7.13. The van der Waals surface area contributed by atoms with Gasteiger partial charge >= 0.3 is 0 Å². The van der Waals surface area contributed by atoms with Gasteiger partial charge in [0.15, 0.2) is 0 Å². The van der Waals surface area contributed by atoms with E-state index in [9.17, 15) is 23.2 Å². The van der Waals surface area contributed by atoms with Gasteiger partial charge in [0.05, 0.1) is 5.02 Å². The van der Waals surface area contributed by atoms with Crippen molar-refractivity contribution in [2.45, 2.75) is 78.7 Å². The fourth-order valence-corrected chi connectivity index (χ4v) is 5.24. The lowest BCUT2D eigenvalue weighted by Gasteiger charge is -2.27.